The molecule has 84 valence electrons. The van der Waals surface area contributed by atoms with E-state index in [0.29, 0.717) is 12.5 Å². The van der Waals surface area contributed by atoms with E-state index in [1.54, 1.807) is 11.3 Å². The zero-order valence-electron chi connectivity index (χ0n) is 8.97. The van der Waals surface area contributed by atoms with E-state index in [1.165, 1.54) is 10.4 Å². The fourth-order valence-corrected chi connectivity index (χ4v) is 2.97. The molecule has 1 aliphatic heterocycles. The molecule has 3 rings (SSSR count). The Morgan fingerprint density at radius 3 is 3.25 bits per heavy atom. The van der Waals surface area contributed by atoms with Gasteiger partial charge >= 0.3 is 0 Å². The standard InChI is InChI=1S/C12H14N2OS/c15-7-9-3-4-14(6-9)10-1-2-11-12(5-10)16-8-13-11/h1-2,5,8-9,15H,3-4,6-7H2. The molecule has 0 saturated carbocycles. The van der Waals surface area contributed by atoms with Crippen LogP contribution in [0, 0.1) is 5.92 Å². The zero-order valence-corrected chi connectivity index (χ0v) is 9.78. The van der Waals surface area contributed by atoms with Crippen LogP contribution < -0.4 is 4.90 Å². The van der Waals surface area contributed by atoms with Gasteiger partial charge in [-0.3, -0.25) is 0 Å². The number of aromatic nitrogens is 1. The Hall–Kier alpha value is -1.13. The first-order valence-electron chi connectivity index (χ1n) is 5.56. The minimum absolute atomic E-state index is 0.305. The van der Waals surface area contributed by atoms with E-state index in [0.717, 1.165) is 25.0 Å². The van der Waals surface area contributed by atoms with Crippen LogP contribution in [0.2, 0.25) is 0 Å². The molecular weight excluding hydrogens is 220 g/mol. The number of fused-ring (bicyclic) bond motifs is 1. The van der Waals surface area contributed by atoms with Gasteiger partial charge in [0.2, 0.25) is 0 Å². The van der Waals surface area contributed by atoms with Crippen LogP contribution in [0.3, 0.4) is 0 Å². The Bertz CT molecular complexity index is 496. The van der Waals surface area contributed by atoms with Crippen LogP contribution in [-0.4, -0.2) is 29.8 Å². The van der Waals surface area contributed by atoms with E-state index in [1.807, 2.05) is 5.51 Å². The molecule has 0 spiro atoms. The highest BCUT2D eigenvalue weighted by Gasteiger charge is 2.21. The summed E-state index contributed by atoms with van der Waals surface area (Å²) in [5.41, 5.74) is 4.22. The average Bonchev–Trinajstić information content (AvgIpc) is 2.96. The third kappa shape index (κ3) is 1.68. The Balaban J connectivity index is 1.88. The van der Waals surface area contributed by atoms with Crippen molar-refractivity contribution in [1.82, 2.24) is 4.98 Å². The Labute approximate surface area is 98.3 Å². The maximum Gasteiger partial charge on any atom is 0.0813 e. The van der Waals surface area contributed by atoms with Gasteiger partial charge in [-0.1, -0.05) is 0 Å². The van der Waals surface area contributed by atoms with E-state index in [-0.39, 0.29) is 0 Å². The third-order valence-electron chi connectivity index (χ3n) is 3.22. The molecule has 1 aromatic heterocycles. The van der Waals surface area contributed by atoms with Gasteiger partial charge in [-0.25, -0.2) is 4.98 Å². The number of aliphatic hydroxyl groups excluding tert-OH is 1. The first-order chi connectivity index (χ1) is 7.86. The van der Waals surface area contributed by atoms with Crippen molar-refractivity contribution in [3.05, 3.63) is 23.7 Å². The molecule has 1 aliphatic rings. The van der Waals surface area contributed by atoms with Crippen LogP contribution in [-0.2, 0) is 0 Å². The summed E-state index contributed by atoms with van der Waals surface area (Å²) in [5, 5.41) is 9.13. The molecule has 4 heteroatoms. The molecule has 2 aromatic rings. The molecule has 16 heavy (non-hydrogen) atoms. The monoisotopic (exact) mass is 234 g/mol. The summed E-state index contributed by atoms with van der Waals surface area (Å²) in [5.74, 6) is 0.442. The van der Waals surface area contributed by atoms with E-state index in [4.69, 9.17) is 5.11 Å². The van der Waals surface area contributed by atoms with E-state index in [2.05, 4.69) is 28.1 Å². The largest absolute Gasteiger partial charge is 0.396 e. The molecule has 2 heterocycles. The summed E-state index contributed by atoms with van der Waals surface area (Å²) in [6.45, 7) is 2.33. The molecule has 1 saturated heterocycles. The summed E-state index contributed by atoms with van der Waals surface area (Å²) >= 11 is 1.68. The smallest absolute Gasteiger partial charge is 0.0813 e. The van der Waals surface area contributed by atoms with Gasteiger partial charge in [0.25, 0.3) is 0 Å². The van der Waals surface area contributed by atoms with Gasteiger partial charge in [-0.05, 0) is 24.6 Å². The average molecular weight is 234 g/mol. The SMILES string of the molecule is OCC1CCN(c2ccc3ncsc3c2)C1. The topological polar surface area (TPSA) is 36.4 Å². The number of anilines is 1. The van der Waals surface area contributed by atoms with Gasteiger partial charge in [-0.15, -0.1) is 11.3 Å². The van der Waals surface area contributed by atoms with Crippen molar-refractivity contribution in [2.45, 2.75) is 6.42 Å². The first-order valence-corrected chi connectivity index (χ1v) is 6.44. The Kier molecular flexibility index (Phi) is 2.53. The number of rotatable bonds is 2. The van der Waals surface area contributed by atoms with Crippen molar-refractivity contribution in [3.63, 3.8) is 0 Å². The quantitative estimate of drug-likeness (QED) is 0.864. The molecule has 1 N–H and O–H groups in total. The van der Waals surface area contributed by atoms with E-state index >= 15 is 0 Å². The molecule has 1 aromatic carbocycles. The number of hydrogen-bond acceptors (Lipinski definition) is 4. The van der Waals surface area contributed by atoms with Crippen molar-refractivity contribution in [2.75, 3.05) is 24.6 Å². The van der Waals surface area contributed by atoms with Crippen LogP contribution in [0.15, 0.2) is 23.7 Å². The lowest BCUT2D eigenvalue weighted by Crippen LogP contribution is -2.20. The number of aliphatic hydroxyl groups is 1. The van der Waals surface area contributed by atoms with Gasteiger partial charge in [-0.2, -0.15) is 0 Å². The second-order valence-electron chi connectivity index (χ2n) is 4.29. The molecular formula is C12H14N2OS. The predicted molar refractivity (Wildman–Crippen MR) is 67.0 cm³/mol. The van der Waals surface area contributed by atoms with Gasteiger partial charge in [0.05, 0.1) is 15.7 Å². The highest BCUT2D eigenvalue weighted by Crippen LogP contribution is 2.28. The molecule has 3 nitrogen and oxygen atoms in total. The van der Waals surface area contributed by atoms with Crippen LogP contribution in [0.5, 0.6) is 0 Å². The molecule has 0 amide bonds. The fraction of sp³-hybridized carbons (Fsp3) is 0.417. The maximum absolute atomic E-state index is 9.13. The molecule has 1 atom stereocenters. The molecule has 1 fully saturated rings. The Morgan fingerprint density at radius 1 is 1.50 bits per heavy atom. The van der Waals surface area contributed by atoms with Gasteiger partial charge in [0.15, 0.2) is 0 Å². The van der Waals surface area contributed by atoms with E-state index in [9.17, 15) is 0 Å². The molecule has 0 radical (unpaired) electrons. The van der Waals surface area contributed by atoms with Crippen LogP contribution in [0.4, 0.5) is 5.69 Å². The number of thiazole rings is 1. The second kappa shape index (κ2) is 4.03. The van der Waals surface area contributed by atoms with Gasteiger partial charge in [0.1, 0.15) is 0 Å². The first kappa shape index (κ1) is 10.1. The lowest BCUT2D eigenvalue weighted by Gasteiger charge is -2.18. The van der Waals surface area contributed by atoms with E-state index < -0.39 is 0 Å². The van der Waals surface area contributed by atoms with Gasteiger partial charge < -0.3 is 10.0 Å². The summed E-state index contributed by atoms with van der Waals surface area (Å²) < 4.78 is 1.24. The zero-order chi connectivity index (χ0) is 11.0. The van der Waals surface area contributed by atoms with Crippen molar-refractivity contribution in [2.24, 2.45) is 5.92 Å². The molecule has 0 bridgehead atoms. The minimum atomic E-state index is 0.305. The van der Waals surface area contributed by atoms with Crippen molar-refractivity contribution < 1.29 is 5.11 Å². The highest BCUT2D eigenvalue weighted by molar-refractivity contribution is 7.16. The lowest BCUT2D eigenvalue weighted by molar-refractivity contribution is 0.238. The fourth-order valence-electron chi connectivity index (χ4n) is 2.26. The summed E-state index contributed by atoms with van der Waals surface area (Å²) in [6.07, 6.45) is 1.09. The highest BCUT2D eigenvalue weighted by atomic mass is 32.1. The third-order valence-corrected chi connectivity index (χ3v) is 4.02. The number of nitrogens with zero attached hydrogens (tertiary/aromatic N) is 2. The maximum atomic E-state index is 9.13. The summed E-state index contributed by atoms with van der Waals surface area (Å²) in [7, 11) is 0. The van der Waals surface area contributed by atoms with Crippen molar-refractivity contribution in [3.8, 4) is 0 Å². The molecule has 0 aliphatic carbocycles. The number of benzene rings is 1. The van der Waals surface area contributed by atoms with Gasteiger partial charge in [0, 0.05) is 31.3 Å². The predicted octanol–water partition coefficient (Wildman–Crippen LogP) is 2.11. The van der Waals surface area contributed by atoms with Crippen LogP contribution in [0.1, 0.15) is 6.42 Å². The normalized spacial score (nSPS) is 20.8. The van der Waals surface area contributed by atoms with Crippen LogP contribution in [0.25, 0.3) is 10.2 Å². The summed E-state index contributed by atoms with van der Waals surface area (Å²) in [6, 6.07) is 6.40. The van der Waals surface area contributed by atoms with Crippen molar-refractivity contribution >= 4 is 27.2 Å². The van der Waals surface area contributed by atoms with Crippen LogP contribution >= 0.6 is 11.3 Å². The van der Waals surface area contributed by atoms with Crippen molar-refractivity contribution in [1.29, 1.82) is 0 Å². The Morgan fingerprint density at radius 2 is 2.44 bits per heavy atom. The second-order valence-corrected chi connectivity index (χ2v) is 5.17. The minimum Gasteiger partial charge on any atom is -0.396 e. The number of hydrogen-bond donors (Lipinski definition) is 1. The molecule has 1 unspecified atom stereocenters. The lowest BCUT2D eigenvalue weighted by atomic mass is 10.1. The summed E-state index contributed by atoms with van der Waals surface area (Å²) in [4.78, 5) is 6.62.